The fourth-order valence-corrected chi connectivity index (χ4v) is 2.38. The summed E-state index contributed by atoms with van der Waals surface area (Å²) in [4.78, 5) is 2.24. The van der Waals surface area contributed by atoms with E-state index in [1.807, 2.05) is 12.1 Å². The first-order valence-corrected chi connectivity index (χ1v) is 7.42. The Morgan fingerprint density at radius 1 is 1.42 bits per heavy atom. The number of halogens is 1. The van der Waals surface area contributed by atoms with Gasteiger partial charge in [0.2, 0.25) is 0 Å². The van der Waals surface area contributed by atoms with Crippen LogP contribution < -0.4 is 5.32 Å². The van der Waals surface area contributed by atoms with Crippen LogP contribution in [0.25, 0.3) is 0 Å². The van der Waals surface area contributed by atoms with E-state index >= 15 is 0 Å². The van der Waals surface area contributed by atoms with Crippen molar-refractivity contribution in [2.45, 2.75) is 13.0 Å². The standard InChI is InChI=1S/C14H21BrN2O2/c1-11-8-12(2-3-14(11)15)16-9-13(18)10-17-4-6-19-7-5-17/h2-3,8,13,16,18H,4-7,9-10H2,1H3. The zero-order valence-electron chi connectivity index (χ0n) is 11.2. The van der Waals surface area contributed by atoms with Gasteiger partial charge in [0.15, 0.2) is 0 Å². The van der Waals surface area contributed by atoms with Crippen LogP contribution in [0.2, 0.25) is 0 Å². The van der Waals surface area contributed by atoms with E-state index < -0.39 is 0 Å². The molecule has 0 bridgehead atoms. The van der Waals surface area contributed by atoms with Gasteiger partial charge in [-0.1, -0.05) is 15.9 Å². The lowest BCUT2D eigenvalue weighted by atomic mass is 10.2. The van der Waals surface area contributed by atoms with Gasteiger partial charge in [-0.15, -0.1) is 0 Å². The monoisotopic (exact) mass is 328 g/mol. The number of hydrogen-bond donors (Lipinski definition) is 2. The minimum absolute atomic E-state index is 0.359. The fourth-order valence-electron chi connectivity index (χ4n) is 2.14. The molecule has 1 fully saturated rings. The molecule has 1 aliphatic heterocycles. The Balaban J connectivity index is 1.75. The highest BCUT2D eigenvalue weighted by Crippen LogP contribution is 2.19. The summed E-state index contributed by atoms with van der Waals surface area (Å²) in [5.74, 6) is 0. The lowest BCUT2D eigenvalue weighted by molar-refractivity contribution is 0.0171. The Bertz CT molecular complexity index is 408. The Morgan fingerprint density at radius 3 is 2.84 bits per heavy atom. The summed E-state index contributed by atoms with van der Waals surface area (Å²) < 4.78 is 6.40. The summed E-state index contributed by atoms with van der Waals surface area (Å²) in [5.41, 5.74) is 2.23. The Morgan fingerprint density at radius 2 is 2.16 bits per heavy atom. The molecule has 5 heteroatoms. The summed E-state index contributed by atoms with van der Waals surface area (Å²) in [7, 11) is 0. The molecule has 2 rings (SSSR count). The summed E-state index contributed by atoms with van der Waals surface area (Å²) in [5, 5.41) is 13.3. The fraction of sp³-hybridized carbons (Fsp3) is 0.571. The molecule has 0 amide bonds. The Labute approximate surface area is 122 Å². The summed E-state index contributed by atoms with van der Waals surface area (Å²) in [6.45, 7) is 6.69. The normalized spacial score (nSPS) is 18.3. The lowest BCUT2D eigenvalue weighted by Gasteiger charge is -2.28. The molecule has 1 saturated heterocycles. The minimum atomic E-state index is -0.359. The van der Waals surface area contributed by atoms with Gasteiger partial charge in [0.1, 0.15) is 0 Å². The van der Waals surface area contributed by atoms with Crippen molar-refractivity contribution < 1.29 is 9.84 Å². The predicted molar refractivity (Wildman–Crippen MR) is 80.6 cm³/mol. The van der Waals surface area contributed by atoms with Crippen molar-refractivity contribution in [3.63, 3.8) is 0 Å². The quantitative estimate of drug-likeness (QED) is 0.866. The van der Waals surface area contributed by atoms with Crippen LogP contribution in [-0.2, 0) is 4.74 Å². The predicted octanol–water partition coefficient (Wildman–Crippen LogP) is 1.86. The SMILES string of the molecule is Cc1cc(NCC(O)CN2CCOCC2)ccc1Br. The van der Waals surface area contributed by atoms with Crippen molar-refractivity contribution in [1.82, 2.24) is 4.90 Å². The molecule has 2 N–H and O–H groups in total. The number of aryl methyl sites for hydroxylation is 1. The average Bonchev–Trinajstić information content (AvgIpc) is 2.41. The van der Waals surface area contributed by atoms with Crippen LogP contribution in [0.3, 0.4) is 0 Å². The second-order valence-electron chi connectivity index (χ2n) is 4.91. The third-order valence-corrected chi connectivity index (χ3v) is 4.16. The number of nitrogens with one attached hydrogen (secondary N) is 1. The molecule has 1 atom stereocenters. The van der Waals surface area contributed by atoms with Crippen molar-refractivity contribution in [1.29, 1.82) is 0 Å². The van der Waals surface area contributed by atoms with Gasteiger partial charge in [-0.05, 0) is 30.7 Å². The smallest absolute Gasteiger partial charge is 0.0839 e. The van der Waals surface area contributed by atoms with Crippen LogP contribution in [0.5, 0.6) is 0 Å². The van der Waals surface area contributed by atoms with E-state index in [1.54, 1.807) is 0 Å². The molecule has 19 heavy (non-hydrogen) atoms. The van der Waals surface area contributed by atoms with Gasteiger partial charge in [0, 0.05) is 36.3 Å². The van der Waals surface area contributed by atoms with Crippen LogP contribution in [0, 0.1) is 6.92 Å². The van der Waals surface area contributed by atoms with E-state index in [0.717, 1.165) is 36.5 Å². The topological polar surface area (TPSA) is 44.7 Å². The van der Waals surface area contributed by atoms with Gasteiger partial charge in [0.05, 0.1) is 19.3 Å². The van der Waals surface area contributed by atoms with Crippen molar-refractivity contribution in [3.8, 4) is 0 Å². The van der Waals surface area contributed by atoms with E-state index in [-0.39, 0.29) is 6.10 Å². The number of benzene rings is 1. The number of rotatable bonds is 5. The van der Waals surface area contributed by atoms with Crippen LogP contribution in [-0.4, -0.2) is 55.5 Å². The first-order chi connectivity index (χ1) is 9.15. The molecule has 1 aromatic carbocycles. The summed E-state index contributed by atoms with van der Waals surface area (Å²) >= 11 is 3.48. The molecule has 1 unspecified atom stereocenters. The molecule has 1 aliphatic rings. The molecule has 1 aromatic rings. The lowest BCUT2D eigenvalue weighted by Crippen LogP contribution is -2.42. The average molecular weight is 329 g/mol. The second-order valence-corrected chi connectivity index (χ2v) is 5.77. The van der Waals surface area contributed by atoms with Gasteiger partial charge < -0.3 is 15.2 Å². The highest BCUT2D eigenvalue weighted by Gasteiger charge is 2.14. The Kier molecular flexibility index (Phi) is 5.63. The molecular weight excluding hydrogens is 308 g/mol. The number of β-amino-alcohol motifs (C(OH)–C–C–N with tert-alkyl or cyclic N) is 1. The van der Waals surface area contributed by atoms with Crippen LogP contribution in [0.15, 0.2) is 22.7 Å². The number of aliphatic hydroxyl groups excluding tert-OH is 1. The van der Waals surface area contributed by atoms with Gasteiger partial charge >= 0.3 is 0 Å². The third kappa shape index (κ3) is 4.76. The van der Waals surface area contributed by atoms with Gasteiger partial charge in [-0.25, -0.2) is 0 Å². The van der Waals surface area contributed by atoms with Crippen molar-refractivity contribution in [2.75, 3.05) is 44.7 Å². The first-order valence-electron chi connectivity index (χ1n) is 6.63. The minimum Gasteiger partial charge on any atom is -0.390 e. The largest absolute Gasteiger partial charge is 0.390 e. The molecule has 1 heterocycles. The van der Waals surface area contributed by atoms with E-state index in [9.17, 15) is 5.11 Å². The highest BCUT2D eigenvalue weighted by molar-refractivity contribution is 9.10. The molecule has 0 aliphatic carbocycles. The number of morpholine rings is 1. The molecule has 0 aromatic heterocycles. The number of hydrogen-bond acceptors (Lipinski definition) is 4. The van der Waals surface area contributed by atoms with E-state index in [2.05, 4.69) is 39.1 Å². The highest BCUT2D eigenvalue weighted by atomic mass is 79.9. The van der Waals surface area contributed by atoms with Gasteiger partial charge in [-0.3, -0.25) is 4.90 Å². The van der Waals surface area contributed by atoms with E-state index in [1.165, 1.54) is 5.56 Å². The molecule has 0 saturated carbocycles. The number of ether oxygens (including phenoxy) is 1. The van der Waals surface area contributed by atoms with Crippen molar-refractivity contribution in [2.24, 2.45) is 0 Å². The van der Waals surface area contributed by atoms with Crippen LogP contribution >= 0.6 is 15.9 Å². The maximum absolute atomic E-state index is 10.0. The van der Waals surface area contributed by atoms with Crippen LogP contribution in [0.4, 0.5) is 5.69 Å². The Hall–Kier alpha value is -0.620. The van der Waals surface area contributed by atoms with Gasteiger partial charge in [0.25, 0.3) is 0 Å². The molecule has 0 radical (unpaired) electrons. The van der Waals surface area contributed by atoms with Crippen LogP contribution in [0.1, 0.15) is 5.56 Å². The summed E-state index contributed by atoms with van der Waals surface area (Å²) in [6.07, 6.45) is -0.359. The second kappa shape index (κ2) is 7.24. The van der Waals surface area contributed by atoms with Gasteiger partial charge in [-0.2, -0.15) is 0 Å². The van der Waals surface area contributed by atoms with Crippen molar-refractivity contribution in [3.05, 3.63) is 28.2 Å². The zero-order chi connectivity index (χ0) is 13.7. The zero-order valence-corrected chi connectivity index (χ0v) is 12.8. The third-order valence-electron chi connectivity index (χ3n) is 3.27. The molecule has 106 valence electrons. The van der Waals surface area contributed by atoms with Crippen molar-refractivity contribution >= 4 is 21.6 Å². The number of anilines is 1. The van der Waals surface area contributed by atoms with E-state index in [4.69, 9.17) is 4.74 Å². The maximum Gasteiger partial charge on any atom is 0.0839 e. The molecular formula is C14H21BrN2O2. The first kappa shape index (κ1) is 14.8. The number of nitrogens with zero attached hydrogens (tertiary/aromatic N) is 1. The molecule has 4 nitrogen and oxygen atoms in total. The van der Waals surface area contributed by atoms with E-state index in [0.29, 0.717) is 13.1 Å². The summed E-state index contributed by atoms with van der Waals surface area (Å²) in [6, 6.07) is 6.11. The number of aliphatic hydroxyl groups is 1. The maximum atomic E-state index is 10.0. The molecule has 0 spiro atoms.